The zero-order valence-corrected chi connectivity index (χ0v) is 8.37. The Balaban J connectivity index is 2.63. The van der Waals surface area contributed by atoms with Crippen LogP contribution in [0.5, 0.6) is 0 Å². The lowest BCUT2D eigenvalue weighted by Crippen LogP contribution is -2.04. The van der Waals surface area contributed by atoms with E-state index >= 15 is 0 Å². The summed E-state index contributed by atoms with van der Waals surface area (Å²) in [5.74, 6) is 4.81. The van der Waals surface area contributed by atoms with Gasteiger partial charge in [-0.15, -0.1) is 0 Å². The molecule has 4 nitrogen and oxygen atoms in total. The van der Waals surface area contributed by atoms with Gasteiger partial charge >= 0.3 is 5.97 Å². The molecule has 0 saturated heterocycles. The molecule has 0 aromatic carbocycles. The Bertz CT molecular complexity index is 451. The maximum atomic E-state index is 11.2. The fraction of sp³-hybridized carbons (Fsp3) is 0.273. The average molecular weight is 205 g/mol. The van der Waals surface area contributed by atoms with E-state index in [1.807, 2.05) is 0 Å². The van der Waals surface area contributed by atoms with Crippen molar-refractivity contribution < 1.29 is 9.53 Å². The Hall–Kier alpha value is -2.02. The van der Waals surface area contributed by atoms with E-state index in [-0.39, 0.29) is 17.8 Å². The quantitative estimate of drug-likeness (QED) is 0.570. The molecule has 0 aliphatic rings. The molecule has 1 heterocycles. The molecule has 0 aliphatic heterocycles. The lowest BCUT2D eigenvalue weighted by molar-refractivity contribution is -0.141. The van der Waals surface area contributed by atoms with Gasteiger partial charge < -0.3 is 9.72 Å². The number of H-pyrrole nitrogens is 1. The Labute approximate surface area is 87.3 Å². The molecular formula is C11H11NO3. The van der Waals surface area contributed by atoms with Crippen LogP contribution in [-0.4, -0.2) is 17.6 Å². The number of aromatic nitrogens is 1. The lowest BCUT2D eigenvalue weighted by Gasteiger charge is -1.94. The number of hydrogen-bond donors (Lipinski definition) is 1. The van der Waals surface area contributed by atoms with E-state index in [0.29, 0.717) is 12.2 Å². The third-order valence-corrected chi connectivity index (χ3v) is 1.59. The van der Waals surface area contributed by atoms with E-state index in [2.05, 4.69) is 21.6 Å². The van der Waals surface area contributed by atoms with E-state index in [1.165, 1.54) is 18.5 Å². The van der Waals surface area contributed by atoms with Crippen molar-refractivity contribution in [2.24, 2.45) is 0 Å². The number of hydrogen-bond acceptors (Lipinski definition) is 3. The maximum Gasteiger partial charge on any atom is 0.317 e. The fourth-order valence-corrected chi connectivity index (χ4v) is 0.937. The van der Waals surface area contributed by atoms with Crippen LogP contribution in [0.4, 0.5) is 0 Å². The largest absolute Gasteiger partial charge is 0.465 e. The molecular weight excluding hydrogens is 194 g/mol. The highest BCUT2D eigenvalue weighted by Gasteiger charge is 1.96. The molecule has 0 radical (unpaired) electrons. The van der Waals surface area contributed by atoms with Gasteiger partial charge in [-0.25, -0.2) is 0 Å². The first-order valence-electron chi connectivity index (χ1n) is 4.55. The minimum Gasteiger partial charge on any atom is -0.465 e. The number of aromatic amines is 1. The van der Waals surface area contributed by atoms with Gasteiger partial charge in [0.25, 0.3) is 0 Å². The summed E-state index contributed by atoms with van der Waals surface area (Å²) in [6.45, 7) is 2.07. The van der Waals surface area contributed by atoms with Crippen molar-refractivity contribution in [3.8, 4) is 11.8 Å². The van der Waals surface area contributed by atoms with Crippen LogP contribution in [0.1, 0.15) is 18.9 Å². The smallest absolute Gasteiger partial charge is 0.317 e. The molecule has 0 bridgehead atoms. The molecule has 0 saturated carbocycles. The maximum absolute atomic E-state index is 11.2. The SMILES string of the molecule is CCOC(=O)CC#Cc1c[nH]ccc1=O. The van der Waals surface area contributed by atoms with E-state index in [4.69, 9.17) is 0 Å². The van der Waals surface area contributed by atoms with Gasteiger partial charge in [-0.1, -0.05) is 11.8 Å². The van der Waals surface area contributed by atoms with Crippen molar-refractivity contribution >= 4 is 5.97 Å². The predicted molar refractivity (Wildman–Crippen MR) is 55.2 cm³/mol. The second-order valence-corrected chi connectivity index (χ2v) is 2.71. The molecule has 1 aromatic rings. The van der Waals surface area contributed by atoms with Gasteiger partial charge in [0.1, 0.15) is 6.42 Å². The third-order valence-electron chi connectivity index (χ3n) is 1.59. The molecule has 0 amide bonds. The van der Waals surface area contributed by atoms with Crippen LogP contribution >= 0.6 is 0 Å². The monoisotopic (exact) mass is 205 g/mol. The first kappa shape index (κ1) is 11.1. The average Bonchev–Trinajstić information content (AvgIpc) is 2.21. The second kappa shape index (κ2) is 5.66. The summed E-state index contributed by atoms with van der Waals surface area (Å²) in [6.07, 6.45) is 3.03. The fourth-order valence-electron chi connectivity index (χ4n) is 0.937. The van der Waals surface area contributed by atoms with Crippen LogP contribution in [-0.2, 0) is 9.53 Å². The zero-order chi connectivity index (χ0) is 11.1. The molecule has 78 valence electrons. The van der Waals surface area contributed by atoms with Gasteiger partial charge in [-0.05, 0) is 6.92 Å². The van der Waals surface area contributed by atoms with Crippen molar-refractivity contribution in [1.29, 1.82) is 0 Å². The minimum absolute atomic E-state index is 0.00216. The first-order valence-corrected chi connectivity index (χ1v) is 4.55. The van der Waals surface area contributed by atoms with Crippen molar-refractivity contribution in [2.45, 2.75) is 13.3 Å². The summed E-state index contributed by atoms with van der Waals surface area (Å²) in [7, 11) is 0. The van der Waals surface area contributed by atoms with Gasteiger partial charge in [-0.3, -0.25) is 9.59 Å². The van der Waals surface area contributed by atoms with Crippen LogP contribution in [0.25, 0.3) is 0 Å². The van der Waals surface area contributed by atoms with Gasteiger partial charge in [0.15, 0.2) is 5.43 Å². The number of esters is 1. The second-order valence-electron chi connectivity index (χ2n) is 2.71. The zero-order valence-electron chi connectivity index (χ0n) is 8.37. The number of pyridine rings is 1. The number of carbonyl (C=O) groups excluding carboxylic acids is 1. The van der Waals surface area contributed by atoms with Crippen molar-refractivity contribution in [3.63, 3.8) is 0 Å². The lowest BCUT2D eigenvalue weighted by atomic mass is 10.2. The normalized spacial score (nSPS) is 8.87. The summed E-state index contributed by atoms with van der Waals surface area (Å²) in [5, 5.41) is 0. The number of carbonyl (C=O) groups is 1. The van der Waals surface area contributed by atoms with E-state index in [0.717, 1.165) is 0 Å². The molecule has 15 heavy (non-hydrogen) atoms. The highest BCUT2D eigenvalue weighted by molar-refractivity contribution is 5.72. The molecule has 0 atom stereocenters. The topological polar surface area (TPSA) is 59.2 Å². The Morgan fingerprint density at radius 2 is 2.40 bits per heavy atom. The van der Waals surface area contributed by atoms with Crippen LogP contribution in [0, 0.1) is 11.8 Å². The van der Waals surface area contributed by atoms with Crippen LogP contribution in [0.15, 0.2) is 23.3 Å². The Morgan fingerprint density at radius 3 is 3.07 bits per heavy atom. The molecule has 0 unspecified atom stereocenters. The predicted octanol–water partition coefficient (Wildman–Crippen LogP) is 0.680. The van der Waals surface area contributed by atoms with Crippen LogP contribution < -0.4 is 5.43 Å². The molecule has 0 aliphatic carbocycles. The minimum atomic E-state index is -0.377. The van der Waals surface area contributed by atoms with Gasteiger partial charge in [0.05, 0.1) is 12.2 Å². The molecule has 1 N–H and O–H groups in total. The van der Waals surface area contributed by atoms with Crippen molar-refractivity contribution in [2.75, 3.05) is 6.61 Å². The number of ether oxygens (including phenoxy) is 1. The Morgan fingerprint density at radius 1 is 1.60 bits per heavy atom. The van der Waals surface area contributed by atoms with Crippen molar-refractivity contribution in [1.82, 2.24) is 4.98 Å². The van der Waals surface area contributed by atoms with Crippen LogP contribution in [0.3, 0.4) is 0 Å². The van der Waals surface area contributed by atoms with Crippen LogP contribution in [0.2, 0.25) is 0 Å². The van der Waals surface area contributed by atoms with E-state index < -0.39 is 0 Å². The van der Waals surface area contributed by atoms with Gasteiger partial charge in [0, 0.05) is 18.5 Å². The number of nitrogens with one attached hydrogen (secondary N) is 1. The third kappa shape index (κ3) is 3.69. The molecule has 1 aromatic heterocycles. The summed E-state index contributed by atoms with van der Waals surface area (Å²) < 4.78 is 4.68. The standard InChI is InChI=1S/C11H11NO3/c1-2-15-11(14)5-3-4-9-8-12-7-6-10(9)13/h6-8H,2,5H2,1H3,(H,12,13). The van der Waals surface area contributed by atoms with Gasteiger partial charge in [-0.2, -0.15) is 0 Å². The van der Waals surface area contributed by atoms with E-state index in [1.54, 1.807) is 6.92 Å². The molecule has 1 rings (SSSR count). The first-order chi connectivity index (χ1) is 7.24. The van der Waals surface area contributed by atoms with E-state index in [9.17, 15) is 9.59 Å². The number of rotatable bonds is 2. The molecule has 4 heteroatoms. The highest BCUT2D eigenvalue weighted by atomic mass is 16.5. The molecule has 0 spiro atoms. The summed E-state index contributed by atoms with van der Waals surface area (Å²) >= 11 is 0. The summed E-state index contributed by atoms with van der Waals surface area (Å²) in [5.41, 5.74) is 0.187. The summed E-state index contributed by atoms with van der Waals surface area (Å²) in [6, 6.07) is 1.38. The van der Waals surface area contributed by atoms with Gasteiger partial charge in [0.2, 0.25) is 0 Å². The Kier molecular flexibility index (Phi) is 4.17. The summed E-state index contributed by atoms with van der Waals surface area (Å²) in [4.78, 5) is 24.8. The van der Waals surface area contributed by atoms with Crippen molar-refractivity contribution in [3.05, 3.63) is 34.2 Å². The highest BCUT2D eigenvalue weighted by Crippen LogP contribution is 1.87. The molecule has 0 fully saturated rings.